The van der Waals surface area contributed by atoms with Gasteiger partial charge in [-0.3, -0.25) is 15.7 Å². The van der Waals surface area contributed by atoms with Crippen LogP contribution in [0.2, 0.25) is 0 Å². The van der Waals surface area contributed by atoms with Gasteiger partial charge in [0.1, 0.15) is 24.1 Å². The number of nitrogens with zero attached hydrogens (tertiary/aromatic N) is 2. The number of hydrogen-bond acceptors (Lipinski definition) is 4. The van der Waals surface area contributed by atoms with E-state index in [0.717, 1.165) is 18.2 Å². The molecule has 0 aliphatic rings. The lowest BCUT2D eigenvalue weighted by molar-refractivity contribution is 0.233. The Balaban J connectivity index is 1.87. The maximum absolute atomic E-state index is 13.8. The van der Waals surface area contributed by atoms with Gasteiger partial charge in [-0.2, -0.15) is 0 Å². The molecule has 0 bridgehead atoms. The summed E-state index contributed by atoms with van der Waals surface area (Å²) in [4.78, 5) is 8.37. The number of hydrogen-bond donors (Lipinski definition) is 2. The molecule has 29 heavy (non-hydrogen) atoms. The van der Waals surface area contributed by atoms with Crippen LogP contribution in [0.25, 0.3) is 0 Å². The van der Waals surface area contributed by atoms with Crippen LogP contribution in [-0.4, -0.2) is 16.0 Å². The first-order valence-electron chi connectivity index (χ1n) is 8.70. The van der Waals surface area contributed by atoms with Crippen LogP contribution in [0, 0.1) is 24.4 Å². The Hall–Kier alpha value is -3.39. The Morgan fingerprint density at radius 2 is 1.79 bits per heavy atom. The quantitative estimate of drug-likeness (QED) is 0.367. The normalized spacial score (nSPS) is 11.4. The number of aromatic nitrogens is 1. The topological polar surface area (TPSA) is 66.7 Å². The van der Waals surface area contributed by atoms with Crippen molar-refractivity contribution in [2.24, 2.45) is 4.99 Å². The summed E-state index contributed by atoms with van der Waals surface area (Å²) in [7, 11) is 0. The van der Waals surface area contributed by atoms with Gasteiger partial charge in [-0.05, 0) is 43.3 Å². The van der Waals surface area contributed by atoms with Crippen molar-refractivity contribution in [1.82, 2.24) is 10.5 Å². The first-order chi connectivity index (χ1) is 14.0. The van der Waals surface area contributed by atoms with Gasteiger partial charge >= 0.3 is 0 Å². The molecular formula is C21H18F3N3O2. The zero-order valence-electron chi connectivity index (χ0n) is 15.5. The summed E-state index contributed by atoms with van der Waals surface area (Å²) in [6.45, 7) is 1.42. The second-order valence-electron chi connectivity index (χ2n) is 6.20. The zero-order valence-corrected chi connectivity index (χ0v) is 15.5. The predicted octanol–water partition coefficient (Wildman–Crippen LogP) is 4.31. The molecule has 0 radical (unpaired) electrons. The van der Waals surface area contributed by atoms with Crippen LogP contribution >= 0.6 is 0 Å². The van der Waals surface area contributed by atoms with E-state index in [1.165, 1.54) is 6.07 Å². The number of amidine groups is 1. The molecule has 150 valence electrons. The number of hydroxylamine groups is 1. The molecule has 0 spiro atoms. The molecule has 1 aromatic heterocycles. The Morgan fingerprint density at radius 3 is 2.55 bits per heavy atom. The van der Waals surface area contributed by atoms with Crippen LogP contribution in [0.1, 0.15) is 22.4 Å². The van der Waals surface area contributed by atoms with Crippen molar-refractivity contribution < 1.29 is 23.1 Å². The summed E-state index contributed by atoms with van der Waals surface area (Å²) in [5.74, 6) is -1.58. The lowest BCUT2D eigenvalue weighted by Gasteiger charge is -2.13. The highest BCUT2D eigenvalue weighted by atomic mass is 19.1. The van der Waals surface area contributed by atoms with Crippen molar-refractivity contribution in [2.45, 2.75) is 20.1 Å². The van der Waals surface area contributed by atoms with E-state index in [0.29, 0.717) is 11.3 Å². The molecule has 0 fully saturated rings. The average molecular weight is 401 g/mol. The number of aryl methyl sites for hydroxylation is 1. The molecule has 0 unspecified atom stereocenters. The minimum Gasteiger partial charge on any atom is -0.472 e. The number of pyridine rings is 1. The summed E-state index contributed by atoms with van der Waals surface area (Å²) in [6.07, 6.45) is 0. The molecule has 0 saturated carbocycles. The fourth-order valence-corrected chi connectivity index (χ4v) is 2.59. The van der Waals surface area contributed by atoms with Crippen molar-refractivity contribution in [2.75, 3.05) is 0 Å². The number of ether oxygens (including phenoxy) is 1. The van der Waals surface area contributed by atoms with Gasteiger partial charge in [0, 0.05) is 16.8 Å². The van der Waals surface area contributed by atoms with E-state index in [4.69, 9.17) is 4.74 Å². The summed E-state index contributed by atoms with van der Waals surface area (Å²) in [5.41, 5.74) is 3.20. The zero-order chi connectivity index (χ0) is 20.8. The average Bonchev–Trinajstić information content (AvgIpc) is 2.71. The molecule has 1 heterocycles. The maximum atomic E-state index is 13.8. The van der Waals surface area contributed by atoms with Crippen molar-refractivity contribution >= 4 is 5.84 Å². The van der Waals surface area contributed by atoms with E-state index in [9.17, 15) is 18.4 Å². The van der Waals surface area contributed by atoms with Gasteiger partial charge in [0.2, 0.25) is 5.88 Å². The van der Waals surface area contributed by atoms with Crippen molar-refractivity contribution in [3.63, 3.8) is 0 Å². The molecule has 0 saturated heterocycles. The van der Waals surface area contributed by atoms with E-state index in [-0.39, 0.29) is 36.0 Å². The number of rotatable bonds is 6. The molecule has 3 aromatic rings. The van der Waals surface area contributed by atoms with Crippen LogP contribution in [0.5, 0.6) is 5.88 Å². The van der Waals surface area contributed by atoms with Crippen LogP contribution in [-0.2, 0) is 13.2 Å². The number of aliphatic imine (C=N–C) groups is 1. The monoisotopic (exact) mass is 401 g/mol. The minimum absolute atomic E-state index is 0.0200. The molecule has 2 aromatic carbocycles. The molecule has 0 amide bonds. The molecule has 0 atom stereocenters. The highest BCUT2D eigenvalue weighted by Gasteiger charge is 2.14. The second-order valence-corrected chi connectivity index (χ2v) is 6.20. The molecular weight excluding hydrogens is 383 g/mol. The molecule has 2 N–H and O–H groups in total. The summed E-state index contributed by atoms with van der Waals surface area (Å²) in [5, 5.41) is 9.51. The Labute approximate surface area is 165 Å². The SMILES string of the molecule is Cc1ccc(C(=NCc2cc(F)ccc2F)NO)c(OCc2ccccc2F)n1. The van der Waals surface area contributed by atoms with Crippen LogP contribution in [0.3, 0.4) is 0 Å². The van der Waals surface area contributed by atoms with Gasteiger partial charge in [-0.15, -0.1) is 0 Å². The van der Waals surface area contributed by atoms with Gasteiger partial charge in [-0.1, -0.05) is 18.2 Å². The third-order valence-electron chi connectivity index (χ3n) is 4.10. The van der Waals surface area contributed by atoms with Gasteiger partial charge < -0.3 is 4.74 Å². The standard InChI is InChI=1S/C21H18F3N3O2/c1-13-6-8-17(21(26-13)29-12-14-4-2-3-5-18(14)23)20(27-28)25-11-15-10-16(22)7-9-19(15)24/h2-10,28H,11-12H2,1H3,(H,25,27). The second kappa shape index (κ2) is 9.20. The van der Waals surface area contributed by atoms with E-state index < -0.39 is 17.5 Å². The third kappa shape index (κ3) is 5.11. The number of nitrogens with one attached hydrogen (secondary N) is 1. The fraction of sp³-hybridized carbons (Fsp3) is 0.143. The first kappa shape index (κ1) is 20.3. The van der Waals surface area contributed by atoms with E-state index >= 15 is 0 Å². The lowest BCUT2D eigenvalue weighted by Crippen LogP contribution is -2.22. The Kier molecular flexibility index (Phi) is 6.46. The summed E-state index contributed by atoms with van der Waals surface area (Å²) in [6, 6.07) is 12.5. The van der Waals surface area contributed by atoms with E-state index in [2.05, 4.69) is 9.98 Å². The van der Waals surface area contributed by atoms with Crippen molar-refractivity contribution in [1.29, 1.82) is 0 Å². The highest BCUT2D eigenvalue weighted by molar-refractivity contribution is 6.00. The molecule has 0 aliphatic heterocycles. The Bertz CT molecular complexity index is 1040. The smallest absolute Gasteiger partial charge is 0.225 e. The van der Waals surface area contributed by atoms with Gasteiger partial charge in [0.15, 0.2) is 5.84 Å². The predicted molar refractivity (Wildman–Crippen MR) is 101 cm³/mol. The first-order valence-corrected chi connectivity index (χ1v) is 8.70. The van der Waals surface area contributed by atoms with E-state index in [1.54, 1.807) is 37.3 Å². The maximum Gasteiger partial charge on any atom is 0.225 e. The van der Waals surface area contributed by atoms with Gasteiger partial charge in [-0.25, -0.2) is 18.2 Å². The van der Waals surface area contributed by atoms with Gasteiger partial charge in [0.05, 0.1) is 12.1 Å². The van der Waals surface area contributed by atoms with Gasteiger partial charge in [0.25, 0.3) is 0 Å². The van der Waals surface area contributed by atoms with E-state index in [1.807, 2.05) is 5.48 Å². The summed E-state index contributed by atoms with van der Waals surface area (Å²) < 4.78 is 46.6. The highest BCUT2D eigenvalue weighted by Crippen LogP contribution is 2.20. The third-order valence-corrected chi connectivity index (χ3v) is 4.10. The number of benzene rings is 2. The molecule has 3 rings (SSSR count). The summed E-state index contributed by atoms with van der Waals surface area (Å²) >= 11 is 0. The molecule has 0 aliphatic carbocycles. The largest absolute Gasteiger partial charge is 0.472 e. The fourth-order valence-electron chi connectivity index (χ4n) is 2.59. The van der Waals surface area contributed by atoms with Crippen LogP contribution in [0.4, 0.5) is 13.2 Å². The van der Waals surface area contributed by atoms with Crippen LogP contribution < -0.4 is 10.2 Å². The molecule has 5 nitrogen and oxygen atoms in total. The Morgan fingerprint density at radius 1 is 1.03 bits per heavy atom. The molecule has 8 heteroatoms. The van der Waals surface area contributed by atoms with Crippen LogP contribution in [0.15, 0.2) is 59.6 Å². The van der Waals surface area contributed by atoms with Crippen molar-refractivity contribution in [3.05, 3.63) is 94.4 Å². The minimum atomic E-state index is -0.620. The van der Waals surface area contributed by atoms with Crippen molar-refractivity contribution in [3.8, 4) is 5.88 Å². The lowest BCUT2D eigenvalue weighted by atomic mass is 10.2. The number of halogens is 3.